The Morgan fingerprint density at radius 3 is 2.83 bits per heavy atom. The largest absolute Gasteiger partial charge is 0.469 e. The van der Waals surface area contributed by atoms with E-state index in [0.29, 0.717) is 15.9 Å². The van der Waals surface area contributed by atoms with E-state index in [-0.39, 0.29) is 12.2 Å². The Morgan fingerprint density at radius 2 is 2.22 bits per heavy atom. The minimum atomic E-state index is -1.38. The van der Waals surface area contributed by atoms with E-state index in [4.69, 9.17) is 4.42 Å². The molecule has 1 unspecified atom stereocenters. The monoisotopic (exact) mass is 270 g/mol. The summed E-state index contributed by atoms with van der Waals surface area (Å²) in [6.45, 7) is 0. The molecule has 1 atom stereocenters. The van der Waals surface area contributed by atoms with Crippen molar-refractivity contribution in [3.05, 3.63) is 29.8 Å². The standard InChI is InChI=1S/C12H11FO4S/c1-16-11(14)6-10-12(18(2)15)8-5-7(13)3-4-9(8)17-10/h3-5H,6H2,1-2H3. The second-order valence-electron chi connectivity index (χ2n) is 3.70. The van der Waals surface area contributed by atoms with Gasteiger partial charge in [-0.25, -0.2) is 4.39 Å². The summed E-state index contributed by atoms with van der Waals surface area (Å²) in [5.41, 5.74) is 0.403. The second-order valence-corrected chi connectivity index (χ2v) is 5.02. The van der Waals surface area contributed by atoms with E-state index in [1.54, 1.807) is 0 Å². The first-order chi connectivity index (χ1) is 8.52. The molecule has 2 aromatic rings. The van der Waals surface area contributed by atoms with Crippen LogP contribution in [0.4, 0.5) is 4.39 Å². The summed E-state index contributed by atoms with van der Waals surface area (Å²) >= 11 is 0. The molecule has 0 radical (unpaired) electrons. The van der Waals surface area contributed by atoms with E-state index in [1.165, 1.54) is 31.6 Å². The molecule has 0 aliphatic rings. The SMILES string of the molecule is COC(=O)Cc1oc2ccc(F)cc2c1S(C)=O. The molecule has 0 bridgehead atoms. The molecule has 1 heterocycles. The van der Waals surface area contributed by atoms with Crippen molar-refractivity contribution in [2.24, 2.45) is 0 Å². The molecule has 0 saturated heterocycles. The third-order valence-corrected chi connectivity index (χ3v) is 3.52. The van der Waals surface area contributed by atoms with Crippen molar-refractivity contribution in [1.29, 1.82) is 0 Å². The summed E-state index contributed by atoms with van der Waals surface area (Å²) in [5.74, 6) is -0.691. The van der Waals surface area contributed by atoms with Gasteiger partial charge in [-0.1, -0.05) is 0 Å². The Balaban J connectivity index is 2.62. The highest BCUT2D eigenvalue weighted by atomic mass is 32.2. The van der Waals surface area contributed by atoms with E-state index in [0.717, 1.165) is 0 Å². The van der Waals surface area contributed by atoms with Crippen LogP contribution >= 0.6 is 0 Å². The number of carbonyl (C=O) groups is 1. The van der Waals surface area contributed by atoms with Gasteiger partial charge in [0.2, 0.25) is 0 Å². The number of benzene rings is 1. The number of hydrogen-bond donors (Lipinski definition) is 0. The quantitative estimate of drug-likeness (QED) is 0.801. The molecule has 0 aliphatic carbocycles. The summed E-state index contributed by atoms with van der Waals surface area (Å²) in [5, 5.41) is 0.426. The third-order valence-electron chi connectivity index (χ3n) is 2.49. The number of methoxy groups -OCH3 is 1. The van der Waals surface area contributed by atoms with Crippen LogP contribution in [0.15, 0.2) is 27.5 Å². The van der Waals surface area contributed by atoms with Crippen molar-refractivity contribution >= 4 is 27.7 Å². The van der Waals surface area contributed by atoms with Crippen LogP contribution in [0.5, 0.6) is 0 Å². The fourth-order valence-corrected chi connectivity index (χ4v) is 2.64. The molecule has 0 saturated carbocycles. The van der Waals surface area contributed by atoms with Crippen LogP contribution < -0.4 is 0 Å². The van der Waals surface area contributed by atoms with Gasteiger partial charge in [-0.05, 0) is 18.2 Å². The lowest BCUT2D eigenvalue weighted by Crippen LogP contribution is -2.05. The second kappa shape index (κ2) is 4.89. The maximum atomic E-state index is 13.2. The zero-order valence-electron chi connectivity index (χ0n) is 9.86. The molecule has 1 aromatic carbocycles. The summed E-state index contributed by atoms with van der Waals surface area (Å²) in [7, 11) is -0.122. The van der Waals surface area contributed by atoms with Gasteiger partial charge in [0, 0.05) is 11.6 Å². The molecule has 0 fully saturated rings. The first-order valence-electron chi connectivity index (χ1n) is 5.14. The van der Waals surface area contributed by atoms with Crippen LogP contribution in [-0.2, 0) is 26.8 Å². The van der Waals surface area contributed by atoms with Gasteiger partial charge in [0.05, 0.1) is 22.8 Å². The molecule has 0 aliphatic heterocycles. The molecule has 96 valence electrons. The van der Waals surface area contributed by atoms with Gasteiger partial charge in [0.1, 0.15) is 23.6 Å². The van der Waals surface area contributed by atoms with E-state index in [1.807, 2.05) is 0 Å². The molecule has 0 spiro atoms. The molecular formula is C12H11FO4S. The normalized spacial score (nSPS) is 12.6. The van der Waals surface area contributed by atoms with E-state index >= 15 is 0 Å². The minimum Gasteiger partial charge on any atom is -0.469 e. The Hall–Kier alpha value is -1.69. The molecule has 0 amide bonds. The Morgan fingerprint density at radius 1 is 1.50 bits per heavy atom. The van der Waals surface area contributed by atoms with Crippen LogP contribution in [0.1, 0.15) is 5.76 Å². The van der Waals surface area contributed by atoms with Crippen LogP contribution in [0.2, 0.25) is 0 Å². The maximum absolute atomic E-state index is 13.2. The van der Waals surface area contributed by atoms with E-state index in [2.05, 4.69) is 4.74 Å². The van der Waals surface area contributed by atoms with Gasteiger partial charge in [-0.3, -0.25) is 9.00 Å². The van der Waals surface area contributed by atoms with Crippen LogP contribution in [0, 0.1) is 5.82 Å². The number of furan rings is 1. The van der Waals surface area contributed by atoms with Crippen molar-refractivity contribution in [3.63, 3.8) is 0 Å². The van der Waals surface area contributed by atoms with Gasteiger partial charge in [0.25, 0.3) is 0 Å². The molecule has 1 aromatic heterocycles. The smallest absolute Gasteiger partial charge is 0.313 e. The Bertz CT molecular complexity index is 632. The maximum Gasteiger partial charge on any atom is 0.313 e. The van der Waals surface area contributed by atoms with E-state index < -0.39 is 22.6 Å². The van der Waals surface area contributed by atoms with E-state index in [9.17, 15) is 13.4 Å². The summed E-state index contributed by atoms with van der Waals surface area (Å²) in [4.78, 5) is 11.6. The van der Waals surface area contributed by atoms with Gasteiger partial charge in [0.15, 0.2) is 0 Å². The topological polar surface area (TPSA) is 56.5 Å². The number of rotatable bonds is 3. The number of esters is 1. The summed E-state index contributed by atoms with van der Waals surface area (Å²) < 4.78 is 34.8. The molecule has 6 heteroatoms. The summed E-state index contributed by atoms with van der Waals surface area (Å²) in [6, 6.07) is 3.94. The van der Waals surface area contributed by atoms with Gasteiger partial charge in [-0.15, -0.1) is 0 Å². The zero-order valence-corrected chi connectivity index (χ0v) is 10.7. The van der Waals surface area contributed by atoms with Gasteiger partial charge < -0.3 is 9.15 Å². The minimum absolute atomic E-state index is 0.123. The lowest BCUT2D eigenvalue weighted by atomic mass is 10.2. The highest BCUT2D eigenvalue weighted by molar-refractivity contribution is 7.84. The first kappa shape index (κ1) is 12.8. The number of hydrogen-bond acceptors (Lipinski definition) is 4. The molecule has 18 heavy (non-hydrogen) atoms. The van der Waals surface area contributed by atoms with Gasteiger partial charge >= 0.3 is 5.97 Å². The number of halogens is 1. The lowest BCUT2D eigenvalue weighted by Gasteiger charge is -1.98. The molecule has 2 rings (SSSR count). The van der Waals surface area contributed by atoms with Crippen LogP contribution in [0.3, 0.4) is 0 Å². The molecule has 4 nitrogen and oxygen atoms in total. The number of fused-ring (bicyclic) bond motifs is 1. The van der Waals surface area contributed by atoms with Crippen molar-refractivity contribution in [1.82, 2.24) is 0 Å². The van der Waals surface area contributed by atoms with Crippen molar-refractivity contribution in [2.75, 3.05) is 13.4 Å². The van der Waals surface area contributed by atoms with Crippen LogP contribution in [0.25, 0.3) is 11.0 Å². The predicted molar refractivity (Wildman–Crippen MR) is 64.2 cm³/mol. The van der Waals surface area contributed by atoms with Gasteiger partial charge in [-0.2, -0.15) is 0 Å². The average Bonchev–Trinajstić information content (AvgIpc) is 2.65. The Labute approximate surface area is 105 Å². The first-order valence-corrected chi connectivity index (χ1v) is 6.70. The predicted octanol–water partition coefficient (Wildman–Crippen LogP) is 2.02. The molecule has 0 N–H and O–H groups in total. The third kappa shape index (κ3) is 2.28. The van der Waals surface area contributed by atoms with Crippen molar-refractivity contribution in [3.8, 4) is 0 Å². The average molecular weight is 270 g/mol. The highest BCUT2D eigenvalue weighted by Gasteiger charge is 2.20. The summed E-state index contributed by atoms with van der Waals surface area (Å²) in [6.07, 6.45) is 1.33. The lowest BCUT2D eigenvalue weighted by molar-refractivity contribution is -0.140. The fourth-order valence-electron chi connectivity index (χ4n) is 1.73. The number of carbonyl (C=O) groups excluding carboxylic acids is 1. The Kier molecular flexibility index (Phi) is 3.47. The highest BCUT2D eigenvalue weighted by Crippen LogP contribution is 2.29. The zero-order chi connectivity index (χ0) is 13.3. The number of ether oxygens (including phenoxy) is 1. The van der Waals surface area contributed by atoms with Crippen LogP contribution in [-0.4, -0.2) is 23.5 Å². The fraction of sp³-hybridized carbons (Fsp3) is 0.250. The van der Waals surface area contributed by atoms with Crippen molar-refractivity contribution in [2.45, 2.75) is 11.3 Å². The van der Waals surface area contributed by atoms with Crippen molar-refractivity contribution < 1.29 is 22.5 Å². The molecular weight excluding hydrogens is 259 g/mol.